The van der Waals surface area contributed by atoms with Gasteiger partial charge in [0.1, 0.15) is 34.8 Å². The highest BCUT2D eigenvalue weighted by molar-refractivity contribution is 7.89. The third-order valence-corrected chi connectivity index (χ3v) is 6.07. The van der Waals surface area contributed by atoms with Crippen LogP contribution in [0.25, 0.3) is 0 Å². The Balaban J connectivity index is 1.30. The molecule has 34 heavy (non-hydrogen) atoms. The van der Waals surface area contributed by atoms with Crippen LogP contribution in [0.3, 0.4) is 0 Å². The van der Waals surface area contributed by atoms with Gasteiger partial charge >= 0.3 is 0 Å². The van der Waals surface area contributed by atoms with Crippen LogP contribution in [0.2, 0.25) is 0 Å². The minimum Gasteiger partial charge on any atom is -0.457 e. The Bertz CT molecular complexity index is 1320. The molecule has 174 valence electrons. The van der Waals surface area contributed by atoms with E-state index in [9.17, 15) is 8.42 Å². The molecule has 0 atom stereocenters. The number of hydrogen-bond acceptors (Lipinski definition) is 8. The summed E-state index contributed by atoms with van der Waals surface area (Å²) in [4.78, 5) is 13.1. The summed E-state index contributed by atoms with van der Waals surface area (Å²) in [5.41, 5.74) is 0. The fourth-order valence-electron chi connectivity index (χ4n) is 3.06. The predicted octanol–water partition coefficient (Wildman–Crippen LogP) is 4.11. The molecule has 3 N–H and O–H groups in total. The molecule has 0 saturated heterocycles. The van der Waals surface area contributed by atoms with Gasteiger partial charge in [0.05, 0.1) is 4.90 Å². The minimum atomic E-state index is -3.66. The zero-order valence-electron chi connectivity index (χ0n) is 18.5. The monoisotopic (exact) mass is 476 g/mol. The van der Waals surface area contributed by atoms with Crippen LogP contribution in [0.5, 0.6) is 11.5 Å². The number of sulfonamides is 1. The minimum absolute atomic E-state index is 0.160. The van der Waals surface area contributed by atoms with E-state index in [1.165, 1.54) is 12.1 Å². The van der Waals surface area contributed by atoms with Crippen LogP contribution in [0.15, 0.2) is 90.0 Å². The average Bonchev–Trinajstić information content (AvgIpc) is 2.83. The summed E-state index contributed by atoms with van der Waals surface area (Å²) >= 11 is 0. The van der Waals surface area contributed by atoms with E-state index in [0.717, 1.165) is 0 Å². The molecule has 4 aromatic rings. The van der Waals surface area contributed by atoms with E-state index in [0.29, 0.717) is 41.3 Å². The van der Waals surface area contributed by atoms with E-state index in [4.69, 9.17) is 4.74 Å². The molecule has 4 rings (SSSR count). The maximum atomic E-state index is 12.6. The van der Waals surface area contributed by atoms with Gasteiger partial charge in [0, 0.05) is 25.4 Å². The van der Waals surface area contributed by atoms with Crippen LogP contribution in [0.1, 0.15) is 5.82 Å². The Morgan fingerprint density at radius 2 is 1.50 bits per heavy atom. The Kier molecular flexibility index (Phi) is 7.31. The van der Waals surface area contributed by atoms with Gasteiger partial charge in [0.25, 0.3) is 0 Å². The molecule has 0 unspecified atom stereocenters. The van der Waals surface area contributed by atoms with Gasteiger partial charge in [0.15, 0.2) is 0 Å². The summed E-state index contributed by atoms with van der Waals surface area (Å²) in [6.45, 7) is 2.30. The van der Waals surface area contributed by atoms with E-state index in [2.05, 4.69) is 30.3 Å². The molecular weight excluding hydrogens is 452 g/mol. The fraction of sp³-hybridized carbons (Fsp3) is 0.125. The van der Waals surface area contributed by atoms with Crippen LogP contribution in [0.4, 0.5) is 17.5 Å². The number of nitrogens with zero attached hydrogens (tertiary/aromatic N) is 3. The summed E-state index contributed by atoms with van der Waals surface area (Å²) in [7, 11) is -3.66. The Hall–Kier alpha value is -4.02. The van der Waals surface area contributed by atoms with Crippen molar-refractivity contribution in [3.05, 3.63) is 90.9 Å². The number of rotatable bonds is 10. The highest BCUT2D eigenvalue weighted by atomic mass is 32.2. The summed E-state index contributed by atoms with van der Waals surface area (Å²) in [6, 6.07) is 22.8. The van der Waals surface area contributed by atoms with E-state index in [1.54, 1.807) is 31.3 Å². The predicted molar refractivity (Wildman–Crippen MR) is 131 cm³/mol. The smallest absolute Gasteiger partial charge is 0.240 e. The lowest BCUT2D eigenvalue weighted by Crippen LogP contribution is -2.29. The molecule has 0 radical (unpaired) electrons. The van der Waals surface area contributed by atoms with Gasteiger partial charge in [-0.3, -0.25) is 0 Å². The number of hydrogen-bond donors (Lipinski definition) is 3. The molecule has 2 aromatic heterocycles. The van der Waals surface area contributed by atoms with Crippen LogP contribution in [-0.2, 0) is 10.0 Å². The number of benzene rings is 2. The molecule has 0 bridgehead atoms. The second-order valence-corrected chi connectivity index (χ2v) is 9.00. The maximum absolute atomic E-state index is 12.6. The number of aromatic nitrogens is 3. The highest BCUT2D eigenvalue weighted by Gasteiger charge is 2.13. The SMILES string of the molecule is Cc1nc(NCCNS(=O)(=O)c2ccc(Oc3ccccc3)cc2)cc(Nc2ccccn2)n1. The molecule has 0 aliphatic rings. The number of anilines is 3. The van der Waals surface area contributed by atoms with Crippen molar-refractivity contribution in [2.75, 3.05) is 23.7 Å². The van der Waals surface area contributed by atoms with Crippen molar-refractivity contribution in [1.29, 1.82) is 0 Å². The van der Waals surface area contributed by atoms with Crippen molar-refractivity contribution in [2.45, 2.75) is 11.8 Å². The Labute approximate surface area is 198 Å². The number of aryl methyl sites for hydroxylation is 1. The van der Waals surface area contributed by atoms with E-state index >= 15 is 0 Å². The van der Waals surface area contributed by atoms with Gasteiger partial charge in [0.2, 0.25) is 10.0 Å². The third kappa shape index (κ3) is 6.50. The zero-order valence-corrected chi connectivity index (χ0v) is 19.3. The van der Waals surface area contributed by atoms with Gasteiger partial charge in [-0.1, -0.05) is 24.3 Å². The van der Waals surface area contributed by atoms with E-state index in [1.807, 2.05) is 48.5 Å². The second-order valence-electron chi connectivity index (χ2n) is 7.24. The quantitative estimate of drug-likeness (QED) is 0.293. The van der Waals surface area contributed by atoms with Crippen LogP contribution >= 0.6 is 0 Å². The lowest BCUT2D eigenvalue weighted by atomic mass is 10.3. The summed E-state index contributed by atoms with van der Waals surface area (Å²) in [5, 5.41) is 6.23. The van der Waals surface area contributed by atoms with Crippen LogP contribution < -0.4 is 20.1 Å². The van der Waals surface area contributed by atoms with Crippen molar-refractivity contribution in [2.24, 2.45) is 0 Å². The molecule has 0 saturated carbocycles. The fourth-order valence-corrected chi connectivity index (χ4v) is 4.09. The van der Waals surface area contributed by atoms with Crippen molar-refractivity contribution in [3.63, 3.8) is 0 Å². The van der Waals surface area contributed by atoms with Crippen molar-refractivity contribution >= 4 is 27.5 Å². The summed E-state index contributed by atoms with van der Waals surface area (Å²) < 4.78 is 33.5. The standard InChI is InChI=1S/C24H24N6O3S/c1-18-28-23(17-24(29-18)30-22-9-5-6-14-25-22)26-15-16-27-34(31,32)21-12-10-20(11-13-21)33-19-7-3-2-4-8-19/h2-14,17,27H,15-16H2,1H3,(H2,25,26,28,29,30). The first-order valence-corrected chi connectivity index (χ1v) is 12.1. The highest BCUT2D eigenvalue weighted by Crippen LogP contribution is 2.22. The first-order chi connectivity index (χ1) is 16.5. The normalized spacial score (nSPS) is 11.1. The number of para-hydroxylation sites is 1. The second kappa shape index (κ2) is 10.7. The topological polar surface area (TPSA) is 118 Å². The largest absolute Gasteiger partial charge is 0.457 e. The average molecular weight is 477 g/mol. The van der Waals surface area contributed by atoms with Crippen molar-refractivity contribution < 1.29 is 13.2 Å². The number of ether oxygens (including phenoxy) is 1. The van der Waals surface area contributed by atoms with Crippen molar-refractivity contribution in [1.82, 2.24) is 19.7 Å². The van der Waals surface area contributed by atoms with Crippen LogP contribution in [-0.4, -0.2) is 36.5 Å². The van der Waals surface area contributed by atoms with Gasteiger partial charge < -0.3 is 15.4 Å². The molecule has 2 aromatic carbocycles. The van der Waals surface area contributed by atoms with E-state index in [-0.39, 0.29) is 11.4 Å². The van der Waals surface area contributed by atoms with Gasteiger partial charge in [-0.15, -0.1) is 0 Å². The molecule has 0 amide bonds. The molecule has 0 aliphatic heterocycles. The molecular formula is C24H24N6O3S. The molecule has 2 heterocycles. The molecule has 10 heteroatoms. The molecule has 0 fully saturated rings. The van der Waals surface area contributed by atoms with E-state index < -0.39 is 10.0 Å². The lowest BCUT2D eigenvalue weighted by Gasteiger charge is -2.11. The molecule has 0 spiro atoms. The van der Waals surface area contributed by atoms with Gasteiger partial charge in [-0.25, -0.2) is 28.1 Å². The molecule has 9 nitrogen and oxygen atoms in total. The Morgan fingerprint density at radius 1 is 0.794 bits per heavy atom. The summed E-state index contributed by atoms with van der Waals surface area (Å²) in [5.74, 6) is 3.64. The third-order valence-electron chi connectivity index (χ3n) is 4.60. The first kappa shape index (κ1) is 23.1. The molecule has 0 aliphatic carbocycles. The van der Waals surface area contributed by atoms with Gasteiger partial charge in [-0.05, 0) is 55.5 Å². The number of pyridine rings is 1. The maximum Gasteiger partial charge on any atom is 0.240 e. The number of nitrogens with one attached hydrogen (secondary N) is 3. The Morgan fingerprint density at radius 3 is 2.24 bits per heavy atom. The van der Waals surface area contributed by atoms with Crippen molar-refractivity contribution in [3.8, 4) is 11.5 Å². The summed E-state index contributed by atoms with van der Waals surface area (Å²) in [6.07, 6.45) is 1.69. The zero-order chi connectivity index (χ0) is 23.8. The van der Waals surface area contributed by atoms with Gasteiger partial charge in [-0.2, -0.15) is 0 Å². The first-order valence-electron chi connectivity index (χ1n) is 10.6. The van der Waals surface area contributed by atoms with Crippen LogP contribution in [0, 0.1) is 6.92 Å². The lowest BCUT2D eigenvalue weighted by molar-refractivity contribution is 0.482.